The third kappa shape index (κ3) is 4.12. The maximum Gasteiger partial charge on any atom is 0.331 e. The highest BCUT2D eigenvalue weighted by Gasteiger charge is 2.28. The van der Waals surface area contributed by atoms with Crippen molar-refractivity contribution in [3.05, 3.63) is 58.7 Å². The van der Waals surface area contributed by atoms with E-state index in [9.17, 15) is 19.1 Å². The van der Waals surface area contributed by atoms with Gasteiger partial charge in [-0.25, -0.2) is 13.9 Å². The summed E-state index contributed by atoms with van der Waals surface area (Å²) in [6.07, 6.45) is 1.34. The van der Waals surface area contributed by atoms with Crippen molar-refractivity contribution < 1.29 is 19.1 Å². The molecule has 2 aromatic rings. The van der Waals surface area contributed by atoms with Crippen molar-refractivity contribution in [1.29, 1.82) is 0 Å². The topological polar surface area (TPSA) is 84.2 Å². The molecule has 0 spiro atoms. The maximum absolute atomic E-state index is 13.1. The number of nitrogens with zero attached hydrogens (tertiary/aromatic N) is 2. The monoisotopic (exact) mass is 345 g/mol. The number of aromatic nitrogens is 2. The standard InChI is InChI=1S/C18H20FN3O3/c1-10(2)9-15(23)20-17(18(24)25)16-11(3)21-22(12(16)4)14-7-5-13(19)6-8-14/h5-9,17H,1-4H3,(H,20,23)(H,24,25). The summed E-state index contributed by atoms with van der Waals surface area (Å²) in [5, 5.41) is 16.4. The maximum atomic E-state index is 13.1. The van der Waals surface area contributed by atoms with Gasteiger partial charge in [0.15, 0.2) is 6.04 Å². The molecule has 1 heterocycles. The van der Waals surface area contributed by atoms with Gasteiger partial charge in [-0.15, -0.1) is 0 Å². The molecule has 0 saturated carbocycles. The Kier molecular flexibility index (Phi) is 5.36. The number of hydrogen-bond donors (Lipinski definition) is 2. The van der Waals surface area contributed by atoms with E-state index in [1.807, 2.05) is 0 Å². The van der Waals surface area contributed by atoms with Gasteiger partial charge in [-0.3, -0.25) is 4.79 Å². The molecule has 132 valence electrons. The number of allylic oxidation sites excluding steroid dienone is 1. The molecule has 0 aliphatic rings. The molecule has 0 aliphatic heterocycles. The number of carbonyl (C=O) groups is 2. The van der Waals surface area contributed by atoms with Gasteiger partial charge in [-0.05, 0) is 52.0 Å². The van der Waals surface area contributed by atoms with Crippen LogP contribution in [-0.4, -0.2) is 26.8 Å². The van der Waals surface area contributed by atoms with Crippen LogP contribution in [0, 0.1) is 19.7 Å². The highest BCUT2D eigenvalue weighted by atomic mass is 19.1. The molecular formula is C18H20FN3O3. The Bertz CT molecular complexity index is 834. The average molecular weight is 345 g/mol. The first-order valence-electron chi connectivity index (χ1n) is 7.71. The molecule has 7 heteroatoms. The van der Waals surface area contributed by atoms with Crippen LogP contribution >= 0.6 is 0 Å². The summed E-state index contributed by atoms with van der Waals surface area (Å²) in [4.78, 5) is 23.7. The van der Waals surface area contributed by atoms with E-state index in [0.29, 0.717) is 22.6 Å². The number of nitrogens with one attached hydrogen (secondary N) is 1. The molecule has 1 atom stereocenters. The minimum atomic E-state index is -1.22. The second-order valence-electron chi connectivity index (χ2n) is 5.97. The highest BCUT2D eigenvalue weighted by Crippen LogP contribution is 2.25. The molecule has 2 N–H and O–H groups in total. The van der Waals surface area contributed by atoms with Crippen LogP contribution in [0.25, 0.3) is 5.69 Å². The van der Waals surface area contributed by atoms with Crippen molar-refractivity contribution >= 4 is 11.9 Å². The Morgan fingerprint density at radius 1 is 1.24 bits per heavy atom. The lowest BCUT2D eigenvalue weighted by Gasteiger charge is -2.14. The van der Waals surface area contributed by atoms with Crippen molar-refractivity contribution in [3.63, 3.8) is 0 Å². The zero-order valence-corrected chi connectivity index (χ0v) is 14.5. The lowest BCUT2D eigenvalue weighted by molar-refractivity contribution is -0.141. The summed E-state index contributed by atoms with van der Waals surface area (Å²) < 4.78 is 14.6. The fraction of sp³-hybridized carbons (Fsp3) is 0.278. The predicted octanol–water partition coefficient (Wildman–Crippen LogP) is 2.84. The number of aliphatic carboxylic acids is 1. The fourth-order valence-corrected chi connectivity index (χ4v) is 2.61. The zero-order chi connectivity index (χ0) is 18.7. The van der Waals surface area contributed by atoms with Crippen molar-refractivity contribution in [2.75, 3.05) is 0 Å². The summed E-state index contributed by atoms with van der Waals surface area (Å²) >= 11 is 0. The molecule has 1 unspecified atom stereocenters. The van der Waals surface area contributed by atoms with Crippen molar-refractivity contribution in [3.8, 4) is 5.69 Å². The van der Waals surface area contributed by atoms with Crippen LogP contribution in [0.3, 0.4) is 0 Å². The molecule has 0 saturated heterocycles. The van der Waals surface area contributed by atoms with E-state index < -0.39 is 17.9 Å². The number of carboxylic acids is 1. The number of halogens is 1. The molecule has 1 amide bonds. The lowest BCUT2D eigenvalue weighted by atomic mass is 10.0. The molecule has 0 bridgehead atoms. The van der Waals surface area contributed by atoms with Crippen LogP contribution in [0.1, 0.15) is 36.8 Å². The Hall–Kier alpha value is -2.96. The first kappa shape index (κ1) is 18.4. The van der Waals surface area contributed by atoms with Crippen molar-refractivity contribution in [2.24, 2.45) is 0 Å². The van der Waals surface area contributed by atoms with Gasteiger partial charge in [-0.2, -0.15) is 5.10 Å². The number of hydrogen-bond acceptors (Lipinski definition) is 3. The Morgan fingerprint density at radius 2 is 1.84 bits per heavy atom. The zero-order valence-electron chi connectivity index (χ0n) is 14.5. The predicted molar refractivity (Wildman–Crippen MR) is 90.9 cm³/mol. The van der Waals surface area contributed by atoms with Gasteiger partial charge in [0.2, 0.25) is 5.91 Å². The summed E-state index contributed by atoms with van der Waals surface area (Å²) in [7, 11) is 0. The van der Waals surface area contributed by atoms with E-state index in [4.69, 9.17) is 0 Å². The quantitative estimate of drug-likeness (QED) is 0.816. The molecule has 1 aromatic heterocycles. The lowest BCUT2D eigenvalue weighted by Crippen LogP contribution is -2.33. The molecule has 1 aromatic carbocycles. The van der Waals surface area contributed by atoms with Gasteiger partial charge in [0.05, 0.1) is 11.4 Å². The first-order chi connectivity index (χ1) is 11.7. The van der Waals surface area contributed by atoms with E-state index in [0.717, 1.165) is 5.57 Å². The summed E-state index contributed by atoms with van der Waals surface area (Å²) in [5.74, 6) is -2.04. The van der Waals surface area contributed by atoms with Gasteiger partial charge in [0.25, 0.3) is 0 Å². The van der Waals surface area contributed by atoms with Crippen LogP contribution in [0.4, 0.5) is 4.39 Å². The Labute approximate surface area is 145 Å². The third-order valence-electron chi connectivity index (χ3n) is 3.66. The minimum absolute atomic E-state index is 0.372. The smallest absolute Gasteiger partial charge is 0.331 e. The number of amides is 1. The summed E-state index contributed by atoms with van der Waals surface area (Å²) in [5.41, 5.74) is 2.82. The number of benzene rings is 1. The van der Waals surface area contributed by atoms with Crippen LogP contribution in [0.2, 0.25) is 0 Å². The van der Waals surface area contributed by atoms with Gasteiger partial charge in [0, 0.05) is 17.3 Å². The molecule has 0 radical (unpaired) electrons. The largest absolute Gasteiger partial charge is 0.479 e. The Balaban J connectivity index is 2.45. The van der Waals surface area contributed by atoms with Crippen molar-refractivity contribution in [1.82, 2.24) is 15.1 Å². The first-order valence-corrected chi connectivity index (χ1v) is 7.71. The second kappa shape index (κ2) is 7.29. The molecular weight excluding hydrogens is 325 g/mol. The van der Waals surface area contributed by atoms with E-state index in [-0.39, 0.29) is 5.82 Å². The van der Waals surface area contributed by atoms with Crippen LogP contribution in [-0.2, 0) is 9.59 Å². The van der Waals surface area contributed by atoms with Crippen LogP contribution in [0.5, 0.6) is 0 Å². The number of carboxylic acid groups (broad SMARTS) is 1. The molecule has 0 aliphatic carbocycles. The molecule has 0 fully saturated rings. The highest BCUT2D eigenvalue weighted by molar-refractivity contribution is 5.92. The van der Waals surface area contributed by atoms with E-state index in [1.54, 1.807) is 39.8 Å². The van der Waals surface area contributed by atoms with Crippen molar-refractivity contribution in [2.45, 2.75) is 33.7 Å². The van der Waals surface area contributed by atoms with E-state index in [1.165, 1.54) is 22.9 Å². The van der Waals surface area contributed by atoms with Gasteiger partial charge < -0.3 is 10.4 Å². The minimum Gasteiger partial charge on any atom is -0.479 e. The van der Waals surface area contributed by atoms with Crippen LogP contribution < -0.4 is 5.32 Å². The van der Waals surface area contributed by atoms with E-state index >= 15 is 0 Å². The van der Waals surface area contributed by atoms with E-state index in [2.05, 4.69) is 10.4 Å². The molecule has 6 nitrogen and oxygen atoms in total. The average Bonchev–Trinajstić information content (AvgIpc) is 2.80. The second-order valence-corrected chi connectivity index (χ2v) is 5.97. The number of aryl methyl sites for hydroxylation is 1. The van der Waals surface area contributed by atoms with Crippen LogP contribution in [0.15, 0.2) is 35.9 Å². The summed E-state index contributed by atoms with van der Waals surface area (Å²) in [6.45, 7) is 6.88. The normalized spacial score (nSPS) is 11.7. The third-order valence-corrected chi connectivity index (χ3v) is 3.66. The molecule has 2 rings (SSSR count). The number of rotatable bonds is 5. The van der Waals surface area contributed by atoms with Gasteiger partial charge in [0.1, 0.15) is 5.82 Å². The SMILES string of the molecule is CC(C)=CC(=O)NC(C(=O)O)c1c(C)nn(-c2ccc(F)cc2)c1C. The Morgan fingerprint density at radius 3 is 2.36 bits per heavy atom. The van der Waals surface area contributed by atoms with Gasteiger partial charge in [-0.1, -0.05) is 5.57 Å². The summed E-state index contributed by atoms with van der Waals surface area (Å²) in [6, 6.07) is 4.48. The van der Waals surface area contributed by atoms with Gasteiger partial charge >= 0.3 is 5.97 Å². The molecule has 25 heavy (non-hydrogen) atoms. The fourth-order valence-electron chi connectivity index (χ4n) is 2.61. The number of carbonyl (C=O) groups excluding carboxylic acids is 1.